The zero-order chi connectivity index (χ0) is 15.8. The summed E-state index contributed by atoms with van der Waals surface area (Å²) in [5.74, 6) is -1.12. The summed E-state index contributed by atoms with van der Waals surface area (Å²) >= 11 is 0. The van der Waals surface area contributed by atoms with Crippen LogP contribution in [0, 0.1) is 0 Å². The second-order valence-electron chi connectivity index (χ2n) is 4.56. The molecule has 1 amide bonds. The fourth-order valence-corrected chi connectivity index (χ4v) is 2.23. The number of nitrogens with two attached hydrogens (primary N) is 1. The smallest absolute Gasteiger partial charge is 0.325 e. The second-order valence-corrected chi connectivity index (χ2v) is 6.42. The fraction of sp³-hybridized carbons (Fsp3) is 0.667. The lowest BCUT2D eigenvalue weighted by Gasteiger charge is -2.15. The SMILES string of the molecule is CP(=O)(O)OCC1OC(n2cnc(C(N)=O)n2)C(O)C1O. The van der Waals surface area contributed by atoms with Crippen LogP contribution >= 0.6 is 7.60 Å². The van der Waals surface area contributed by atoms with E-state index in [9.17, 15) is 19.6 Å². The Morgan fingerprint density at radius 3 is 2.76 bits per heavy atom. The number of aliphatic hydroxyl groups is 2. The Balaban J connectivity index is 2.08. The van der Waals surface area contributed by atoms with Crippen LogP contribution < -0.4 is 5.73 Å². The maximum absolute atomic E-state index is 11.0. The van der Waals surface area contributed by atoms with Gasteiger partial charge in [0.25, 0.3) is 5.91 Å². The summed E-state index contributed by atoms with van der Waals surface area (Å²) in [4.78, 5) is 23.6. The summed E-state index contributed by atoms with van der Waals surface area (Å²) in [7, 11) is -3.73. The minimum Gasteiger partial charge on any atom is -0.387 e. The molecule has 0 radical (unpaired) electrons. The first-order valence-corrected chi connectivity index (χ1v) is 7.89. The van der Waals surface area contributed by atoms with Gasteiger partial charge >= 0.3 is 7.60 Å². The first-order chi connectivity index (χ1) is 9.69. The van der Waals surface area contributed by atoms with Gasteiger partial charge in [-0.15, -0.1) is 5.10 Å². The van der Waals surface area contributed by atoms with Crippen LogP contribution in [0.5, 0.6) is 0 Å². The Kier molecular flexibility index (Phi) is 4.42. The minimum atomic E-state index is -3.73. The van der Waals surface area contributed by atoms with E-state index in [1.807, 2.05) is 0 Å². The molecule has 1 saturated heterocycles. The highest BCUT2D eigenvalue weighted by Gasteiger charge is 2.45. The van der Waals surface area contributed by atoms with Crippen molar-refractivity contribution in [3.05, 3.63) is 12.2 Å². The zero-order valence-corrected chi connectivity index (χ0v) is 11.8. The largest absolute Gasteiger partial charge is 0.387 e. The van der Waals surface area contributed by atoms with Crippen molar-refractivity contribution in [2.24, 2.45) is 5.73 Å². The average molecular weight is 322 g/mol. The Hall–Kier alpha value is -1.36. The lowest BCUT2D eigenvalue weighted by molar-refractivity contribution is -0.0563. The third-order valence-corrected chi connectivity index (χ3v) is 3.43. The Morgan fingerprint density at radius 1 is 1.57 bits per heavy atom. The number of aromatic nitrogens is 3. The lowest BCUT2D eigenvalue weighted by atomic mass is 10.1. The highest BCUT2D eigenvalue weighted by Crippen LogP contribution is 2.38. The first-order valence-electron chi connectivity index (χ1n) is 5.86. The number of hydrogen-bond acceptors (Lipinski definition) is 8. The number of carbonyl (C=O) groups excluding carboxylic acids is 1. The molecule has 0 aliphatic carbocycles. The van der Waals surface area contributed by atoms with Crippen molar-refractivity contribution in [3.8, 4) is 0 Å². The number of amides is 1. The molecule has 2 rings (SSSR count). The molecule has 0 aromatic carbocycles. The molecule has 1 aliphatic rings. The summed E-state index contributed by atoms with van der Waals surface area (Å²) in [6.45, 7) is 0.592. The molecule has 0 spiro atoms. The molecule has 118 valence electrons. The fourth-order valence-electron chi connectivity index (χ4n) is 1.81. The molecule has 12 heteroatoms. The molecule has 11 nitrogen and oxygen atoms in total. The Morgan fingerprint density at radius 2 is 2.24 bits per heavy atom. The summed E-state index contributed by atoms with van der Waals surface area (Å²) in [6.07, 6.45) is -3.78. The number of aliphatic hydroxyl groups excluding tert-OH is 2. The van der Waals surface area contributed by atoms with E-state index in [4.69, 9.17) is 15.4 Å². The van der Waals surface area contributed by atoms with Crippen LogP contribution in [0.2, 0.25) is 0 Å². The molecule has 1 aliphatic heterocycles. The highest BCUT2D eigenvalue weighted by molar-refractivity contribution is 7.51. The summed E-state index contributed by atoms with van der Waals surface area (Å²) in [5, 5.41) is 23.4. The van der Waals surface area contributed by atoms with Crippen molar-refractivity contribution >= 4 is 13.5 Å². The molecular formula is C9H15N4O7P. The minimum absolute atomic E-state index is 0.270. The molecule has 5 unspecified atom stereocenters. The zero-order valence-electron chi connectivity index (χ0n) is 10.9. The van der Waals surface area contributed by atoms with Gasteiger partial charge in [-0.2, -0.15) is 0 Å². The maximum atomic E-state index is 11.0. The summed E-state index contributed by atoms with van der Waals surface area (Å²) in [6, 6.07) is 0. The van der Waals surface area contributed by atoms with Crippen molar-refractivity contribution < 1.29 is 33.7 Å². The standard InChI is InChI=1S/C9H15N4O7P/c1-21(17,18)19-2-4-5(14)6(15)9(20-4)13-3-11-8(12-13)7(10)16/h3-6,9,14-15H,2H2,1H3,(H2,10,16)(H,17,18). The normalized spacial score (nSPS) is 32.0. The first kappa shape index (κ1) is 16.0. The van der Waals surface area contributed by atoms with Crippen LogP contribution in [-0.2, 0) is 13.8 Å². The third kappa shape index (κ3) is 3.64. The van der Waals surface area contributed by atoms with E-state index in [2.05, 4.69) is 14.6 Å². The number of nitrogens with zero attached hydrogens (tertiary/aromatic N) is 3. The number of rotatable bonds is 5. The predicted octanol–water partition coefficient (Wildman–Crippen LogP) is -2.17. The number of primary amides is 1. The van der Waals surface area contributed by atoms with E-state index >= 15 is 0 Å². The molecule has 5 N–H and O–H groups in total. The molecule has 2 heterocycles. The highest BCUT2D eigenvalue weighted by atomic mass is 31.2. The van der Waals surface area contributed by atoms with Crippen LogP contribution in [0.25, 0.3) is 0 Å². The van der Waals surface area contributed by atoms with Crippen molar-refractivity contribution in [1.29, 1.82) is 0 Å². The molecule has 0 bridgehead atoms. The lowest BCUT2D eigenvalue weighted by Crippen LogP contribution is -2.33. The van der Waals surface area contributed by atoms with Crippen molar-refractivity contribution in [1.82, 2.24) is 14.8 Å². The monoisotopic (exact) mass is 322 g/mol. The van der Waals surface area contributed by atoms with Crippen LogP contribution in [0.3, 0.4) is 0 Å². The van der Waals surface area contributed by atoms with Gasteiger partial charge in [-0.1, -0.05) is 0 Å². The second kappa shape index (κ2) is 5.79. The summed E-state index contributed by atoms with van der Waals surface area (Å²) < 4.78 is 22.0. The molecule has 0 saturated carbocycles. The quantitative estimate of drug-likeness (QED) is 0.440. The van der Waals surface area contributed by atoms with Gasteiger partial charge in [-0.05, 0) is 0 Å². The molecule has 1 fully saturated rings. The summed E-state index contributed by atoms with van der Waals surface area (Å²) in [5.41, 5.74) is 5.00. The van der Waals surface area contributed by atoms with E-state index in [0.29, 0.717) is 0 Å². The molecule has 21 heavy (non-hydrogen) atoms. The van der Waals surface area contributed by atoms with E-state index < -0.39 is 44.6 Å². The van der Waals surface area contributed by atoms with Crippen LogP contribution in [0.4, 0.5) is 0 Å². The van der Waals surface area contributed by atoms with Gasteiger partial charge in [0.15, 0.2) is 6.23 Å². The average Bonchev–Trinajstić information content (AvgIpc) is 2.94. The Bertz CT molecular complexity index is 572. The van der Waals surface area contributed by atoms with E-state index in [1.54, 1.807) is 0 Å². The van der Waals surface area contributed by atoms with E-state index in [-0.39, 0.29) is 5.82 Å². The predicted molar refractivity (Wildman–Crippen MR) is 66.2 cm³/mol. The molecule has 1 aromatic heterocycles. The molecule has 1 aromatic rings. The number of carbonyl (C=O) groups is 1. The van der Waals surface area contributed by atoms with Gasteiger partial charge in [0, 0.05) is 6.66 Å². The van der Waals surface area contributed by atoms with Gasteiger partial charge in [0.1, 0.15) is 24.6 Å². The van der Waals surface area contributed by atoms with Crippen LogP contribution in [-0.4, -0.2) is 67.4 Å². The molecule has 5 atom stereocenters. The molecular weight excluding hydrogens is 307 g/mol. The van der Waals surface area contributed by atoms with Gasteiger partial charge in [-0.3, -0.25) is 9.36 Å². The van der Waals surface area contributed by atoms with Gasteiger partial charge in [0.05, 0.1) is 6.61 Å². The number of hydrogen-bond donors (Lipinski definition) is 4. The van der Waals surface area contributed by atoms with Crippen molar-refractivity contribution in [3.63, 3.8) is 0 Å². The van der Waals surface area contributed by atoms with Crippen LogP contribution in [0.1, 0.15) is 16.8 Å². The van der Waals surface area contributed by atoms with E-state index in [1.165, 1.54) is 0 Å². The Labute approximate surface area is 118 Å². The van der Waals surface area contributed by atoms with E-state index in [0.717, 1.165) is 17.7 Å². The van der Waals surface area contributed by atoms with Crippen molar-refractivity contribution in [2.75, 3.05) is 13.3 Å². The van der Waals surface area contributed by atoms with Gasteiger partial charge < -0.3 is 30.1 Å². The third-order valence-electron chi connectivity index (χ3n) is 2.81. The topological polar surface area (TPSA) is 170 Å². The number of ether oxygens (including phenoxy) is 1. The van der Waals surface area contributed by atoms with Gasteiger partial charge in [-0.25, -0.2) is 9.67 Å². The van der Waals surface area contributed by atoms with Crippen molar-refractivity contribution in [2.45, 2.75) is 24.5 Å². The van der Waals surface area contributed by atoms with Gasteiger partial charge in [0.2, 0.25) is 5.82 Å². The van der Waals surface area contributed by atoms with Crippen LogP contribution in [0.15, 0.2) is 6.33 Å². The maximum Gasteiger partial charge on any atom is 0.325 e.